The lowest BCUT2D eigenvalue weighted by Gasteiger charge is -2.37. The van der Waals surface area contributed by atoms with E-state index >= 15 is 0 Å². The number of amides is 3. The summed E-state index contributed by atoms with van der Waals surface area (Å²) in [4.78, 5) is 27.2. The molecule has 27 heavy (non-hydrogen) atoms. The van der Waals surface area contributed by atoms with Crippen molar-refractivity contribution in [3.63, 3.8) is 0 Å². The van der Waals surface area contributed by atoms with E-state index in [9.17, 15) is 18.0 Å². The molecule has 1 atom stereocenters. The average Bonchev–Trinajstić information content (AvgIpc) is 3.08. The minimum Gasteiger partial charge on any atom is -0.336 e. The molecule has 3 rings (SSSR count). The number of sulfonamides is 1. The van der Waals surface area contributed by atoms with Crippen molar-refractivity contribution >= 4 is 45.2 Å². The molecule has 0 radical (unpaired) electrons. The van der Waals surface area contributed by atoms with Gasteiger partial charge in [0, 0.05) is 44.3 Å². The Balaban J connectivity index is 1.67. The van der Waals surface area contributed by atoms with Crippen LogP contribution in [0.4, 0.5) is 4.79 Å². The summed E-state index contributed by atoms with van der Waals surface area (Å²) in [5.41, 5.74) is 0. The van der Waals surface area contributed by atoms with Crippen LogP contribution in [0.25, 0.3) is 0 Å². The smallest absolute Gasteiger partial charge is 0.324 e. The van der Waals surface area contributed by atoms with Gasteiger partial charge in [0.15, 0.2) is 0 Å². The Morgan fingerprint density at radius 3 is 2.41 bits per heavy atom. The van der Waals surface area contributed by atoms with E-state index in [1.165, 1.54) is 27.4 Å². The number of nitrogens with one attached hydrogen (secondary N) is 1. The summed E-state index contributed by atoms with van der Waals surface area (Å²) in [6.45, 7) is 3.71. The number of carbonyl (C=O) groups excluding carboxylic acids is 2. The largest absolute Gasteiger partial charge is 0.336 e. The molecule has 2 aliphatic rings. The maximum Gasteiger partial charge on any atom is 0.324 e. The van der Waals surface area contributed by atoms with Crippen molar-refractivity contribution in [2.24, 2.45) is 0 Å². The molecule has 1 N–H and O–H groups in total. The third-order valence-corrected chi connectivity index (χ3v) is 7.43. The Kier molecular flexibility index (Phi) is 5.97. The summed E-state index contributed by atoms with van der Waals surface area (Å²) in [5.74, 6) is -0.279. The summed E-state index contributed by atoms with van der Waals surface area (Å²) in [6.07, 6.45) is 0. The van der Waals surface area contributed by atoms with E-state index in [4.69, 9.17) is 23.2 Å². The Bertz CT molecular complexity index is 856. The first-order chi connectivity index (χ1) is 12.7. The van der Waals surface area contributed by atoms with Crippen molar-refractivity contribution in [1.82, 2.24) is 19.4 Å². The van der Waals surface area contributed by atoms with Gasteiger partial charge >= 0.3 is 6.03 Å². The zero-order valence-electron chi connectivity index (χ0n) is 14.7. The molecule has 3 amide bonds. The number of hydrogen-bond donors (Lipinski definition) is 1. The van der Waals surface area contributed by atoms with E-state index in [0.717, 1.165) is 0 Å². The second-order valence-corrected chi connectivity index (χ2v) is 9.16. The van der Waals surface area contributed by atoms with Gasteiger partial charge in [0.1, 0.15) is 4.90 Å². The van der Waals surface area contributed by atoms with Gasteiger partial charge in [0.25, 0.3) is 0 Å². The first kappa shape index (κ1) is 20.3. The van der Waals surface area contributed by atoms with Crippen molar-refractivity contribution in [3.05, 3.63) is 28.2 Å². The number of hydrogen-bond acceptors (Lipinski definition) is 5. The third kappa shape index (κ3) is 4.07. The first-order valence-electron chi connectivity index (χ1n) is 8.50. The number of piperazine rings is 1. The van der Waals surface area contributed by atoms with Crippen LogP contribution in [0, 0.1) is 0 Å². The van der Waals surface area contributed by atoms with Gasteiger partial charge in [-0.05, 0) is 25.1 Å². The average molecular weight is 435 g/mol. The normalized spacial score (nSPS) is 20.6. The highest BCUT2D eigenvalue weighted by atomic mass is 35.5. The third-order valence-electron chi connectivity index (χ3n) is 4.81. The molecule has 0 saturated carbocycles. The van der Waals surface area contributed by atoms with Gasteiger partial charge in [-0.1, -0.05) is 23.2 Å². The molecule has 1 aromatic carbocycles. The quantitative estimate of drug-likeness (QED) is 0.769. The van der Waals surface area contributed by atoms with E-state index < -0.39 is 16.1 Å². The highest BCUT2D eigenvalue weighted by Gasteiger charge is 2.36. The SMILES string of the molecule is C[C@@H](C(=O)N1CCNC1=O)N1CCN(S(=O)(=O)c2cc(Cl)ccc2Cl)CC1. The molecule has 8 nitrogen and oxygen atoms in total. The summed E-state index contributed by atoms with van der Waals surface area (Å²) >= 11 is 12.0. The number of rotatable bonds is 4. The minimum absolute atomic E-state index is 0.0250. The lowest BCUT2D eigenvalue weighted by Crippen LogP contribution is -2.55. The monoisotopic (exact) mass is 434 g/mol. The molecule has 2 saturated heterocycles. The predicted octanol–water partition coefficient (Wildman–Crippen LogP) is 1.24. The Morgan fingerprint density at radius 1 is 1.15 bits per heavy atom. The second-order valence-electron chi connectivity index (χ2n) is 6.41. The van der Waals surface area contributed by atoms with Gasteiger partial charge in [-0.3, -0.25) is 14.6 Å². The van der Waals surface area contributed by atoms with Crippen molar-refractivity contribution in [3.8, 4) is 0 Å². The fraction of sp³-hybridized carbons (Fsp3) is 0.500. The van der Waals surface area contributed by atoms with E-state index in [0.29, 0.717) is 31.2 Å². The fourth-order valence-corrected chi connectivity index (χ4v) is 5.37. The van der Waals surface area contributed by atoms with Crippen LogP contribution in [0.2, 0.25) is 10.0 Å². The van der Waals surface area contributed by atoms with E-state index in [-0.39, 0.29) is 34.9 Å². The lowest BCUT2D eigenvalue weighted by molar-refractivity contribution is -0.133. The van der Waals surface area contributed by atoms with Crippen LogP contribution in [-0.4, -0.2) is 79.8 Å². The molecule has 11 heteroatoms. The molecule has 0 spiro atoms. The summed E-state index contributed by atoms with van der Waals surface area (Å²) < 4.78 is 27.1. The molecule has 0 bridgehead atoms. The highest BCUT2D eigenvalue weighted by molar-refractivity contribution is 7.89. The predicted molar refractivity (Wildman–Crippen MR) is 101 cm³/mol. The van der Waals surface area contributed by atoms with Crippen LogP contribution >= 0.6 is 23.2 Å². The van der Waals surface area contributed by atoms with Gasteiger partial charge in [-0.2, -0.15) is 4.31 Å². The fourth-order valence-electron chi connectivity index (χ4n) is 3.21. The van der Waals surface area contributed by atoms with Gasteiger partial charge < -0.3 is 5.32 Å². The minimum atomic E-state index is -3.78. The summed E-state index contributed by atoms with van der Waals surface area (Å²) in [6, 6.07) is 3.43. The van der Waals surface area contributed by atoms with Crippen LogP contribution in [-0.2, 0) is 14.8 Å². The number of benzene rings is 1. The van der Waals surface area contributed by atoms with Crippen LogP contribution in [0.5, 0.6) is 0 Å². The van der Waals surface area contributed by atoms with Gasteiger partial charge in [0.2, 0.25) is 15.9 Å². The number of halogens is 2. The van der Waals surface area contributed by atoms with Crippen LogP contribution < -0.4 is 5.32 Å². The standard InChI is InChI=1S/C16H20Cl2N4O4S/c1-11(15(23)22-5-4-19-16(22)24)20-6-8-21(9-7-20)27(25,26)14-10-12(17)2-3-13(14)18/h2-3,10-11H,4-9H2,1H3,(H,19,24)/t11-/m0/s1. The number of urea groups is 1. The highest BCUT2D eigenvalue weighted by Crippen LogP contribution is 2.28. The second kappa shape index (κ2) is 7.92. The molecular weight excluding hydrogens is 415 g/mol. The van der Waals surface area contributed by atoms with E-state index in [1.807, 2.05) is 4.90 Å². The molecule has 2 aliphatic heterocycles. The van der Waals surface area contributed by atoms with Crippen LogP contribution in [0.1, 0.15) is 6.92 Å². The zero-order chi connectivity index (χ0) is 19.8. The van der Waals surface area contributed by atoms with Crippen LogP contribution in [0.3, 0.4) is 0 Å². The van der Waals surface area contributed by atoms with E-state index in [1.54, 1.807) is 6.92 Å². The molecule has 0 aliphatic carbocycles. The molecule has 148 valence electrons. The summed E-state index contributed by atoms with van der Waals surface area (Å²) in [5, 5.41) is 3.01. The number of imide groups is 1. The number of nitrogens with zero attached hydrogens (tertiary/aromatic N) is 3. The molecule has 0 unspecified atom stereocenters. The topological polar surface area (TPSA) is 90.0 Å². The molecule has 2 heterocycles. The van der Waals surface area contributed by atoms with Gasteiger partial charge in [0.05, 0.1) is 11.1 Å². The zero-order valence-corrected chi connectivity index (χ0v) is 17.0. The lowest BCUT2D eigenvalue weighted by atomic mass is 10.2. The van der Waals surface area contributed by atoms with Crippen molar-refractivity contribution < 1.29 is 18.0 Å². The molecule has 2 fully saturated rings. The molecule has 0 aromatic heterocycles. The van der Waals surface area contributed by atoms with Crippen LogP contribution in [0.15, 0.2) is 23.1 Å². The maximum absolute atomic E-state index is 12.9. The van der Waals surface area contributed by atoms with Crippen molar-refractivity contribution in [2.75, 3.05) is 39.3 Å². The maximum atomic E-state index is 12.9. The Hall–Kier alpha value is -1.39. The summed E-state index contributed by atoms with van der Waals surface area (Å²) in [7, 11) is -3.78. The number of carbonyl (C=O) groups is 2. The van der Waals surface area contributed by atoms with E-state index in [2.05, 4.69) is 5.32 Å². The molecular formula is C16H20Cl2N4O4S. The first-order valence-corrected chi connectivity index (χ1v) is 10.7. The molecule has 1 aromatic rings. The Labute approximate surface area is 168 Å². The van der Waals surface area contributed by atoms with Crippen molar-refractivity contribution in [1.29, 1.82) is 0 Å². The van der Waals surface area contributed by atoms with Crippen molar-refractivity contribution in [2.45, 2.75) is 17.9 Å². The van der Waals surface area contributed by atoms with Gasteiger partial charge in [-0.15, -0.1) is 0 Å². The van der Waals surface area contributed by atoms with Gasteiger partial charge in [-0.25, -0.2) is 13.2 Å². The Morgan fingerprint density at radius 2 is 1.81 bits per heavy atom.